The molecule has 8 heteroatoms. The zero-order valence-electron chi connectivity index (χ0n) is 12.8. The minimum atomic E-state index is -1.82. The van der Waals surface area contributed by atoms with Gasteiger partial charge in [-0.25, -0.2) is 13.6 Å². The highest BCUT2D eigenvalue weighted by Gasteiger charge is 2.59. The lowest BCUT2D eigenvalue weighted by Crippen LogP contribution is -2.70. The number of aliphatic carboxylic acids is 1. The maximum absolute atomic E-state index is 14.4. The molecule has 2 aliphatic heterocycles. The molecule has 5 nitrogen and oxygen atoms in total. The van der Waals surface area contributed by atoms with Crippen molar-refractivity contribution >= 4 is 23.4 Å². The Kier molecular flexibility index (Phi) is 3.84. The molecule has 2 heterocycles. The average molecular weight is 362 g/mol. The van der Waals surface area contributed by atoms with Crippen LogP contribution in [-0.2, 0) is 14.3 Å². The minimum absolute atomic E-state index is 0.0807. The van der Waals surface area contributed by atoms with Gasteiger partial charge < -0.3 is 14.7 Å². The number of ketones is 1. The summed E-state index contributed by atoms with van der Waals surface area (Å²) in [5, 5.41) is 9.24. The molecule has 0 aromatic carbocycles. The number of Topliss-reactive ketones (excluding diaryl/α,β-unsaturated/α-hetero) is 1. The number of morpholine rings is 1. The molecule has 24 heavy (non-hydrogen) atoms. The van der Waals surface area contributed by atoms with E-state index in [1.165, 1.54) is 6.20 Å². The number of hydrogen-bond acceptors (Lipinski definition) is 4. The van der Waals surface area contributed by atoms with Crippen molar-refractivity contribution in [2.24, 2.45) is 5.92 Å². The minimum Gasteiger partial charge on any atom is -0.478 e. The summed E-state index contributed by atoms with van der Waals surface area (Å²) >= 11 is 6.25. The van der Waals surface area contributed by atoms with E-state index < -0.39 is 42.2 Å². The van der Waals surface area contributed by atoms with Gasteiger partial charge in [0.05, 0.1) is 18.2 Å². The van der Waals surface area contributed by atoms with E-state index in [9.17, 15) is 23.5 Å². The lowest BCUT2D eigenvalue weighted by atomic mass is 9.71. The van der Waals surface area contributed by atoms with Crippen LogP contribution in [0.15, 0.2) is 11.8 Å². The van der Waals surface area contributed by atoms with Crippen molar-refractivity contribution in [3.05, 3.63) is 11.8 Å². The second kappa shape index (κ2) is 5.66. The van der Waals surface area contributed by atoms with E-state index in [1.807, 2.05) is 0 Å². The summed E-state index contributed by atoms with van der Waals surface area (Å²) in [6.07, 6.45) is -2.14. The number of hydrogen-bond donors (Lipinski definition) is 1. The monoisotopic (exact) mass is 361 g/mol. The van der Waals surface area contributed by atoms with Gasteiger partial charge in [0.25, 0.3) is 0 Å². The Bertz CT molecular complexity index is 615. The van der Waals surface area contributed by atoms with Crippen LogP contribution in [0.3, 0.4) is 0 Å². The van der Waals surface area contributed by atoms with Crippen molar-refractivity contribution in [2.45, 2.75) is 67.7 Å². The molecule has 0 radical (unpaired) electrons. The number of rotatable bonds is 1. The number of carboxylic acids is 1. The third-order valence-electron chi connectivity index (χ3n) is 5.75. The van der Waals surface area contributed by atoms with Gasteiger partial charge in [-0.1, -0.05) is 0 Å². The number of nitrogens with zero attached hydrogens (tertiary/aromatic N) is 1. The third kappa shape index (κ3) is 2.28. The van der Waals surface area contributed by atoms with Gasteiger partial charge in [0.1, 0.15) is 17.8 Å². The van der Waals surface area contributed by atoms with Gasteiger partial charge in [-0.2, -0.15) is 0 Å². The first kappa shape index (κ1) is 16.3. The zero-order valence-corrected chi connectivity index (χ0v) is 13.5. The molecule has 0 spiro atoms. The third-order valence-corrected chi connectivity index (χ3v) is 6.14. The molecular weight excluding hydrogens is 344 g/mol. The summed E-state index contributed by atoms with van der Waals surface area (Å²) in [6, 6.07) is -0.873. The largest absolute Gasteiger partial charge is 0.478 e. The van der Waals surface area contributed by atoms with Crippen LogP contribution in [0.4, 0.5) is 8.78 Å². The van der Waals surface area contributed by atoms with Gasteiger partial charge in [-0.3, -0.25) is 4.79 Å². The number of carbonyl (C=O) groups is 2. The van der Waals surface area contributed by atoms with Crippen LogP contribution in [0.5, 0.6) is 0 Å². The predicted molar refractivity (Wildman–Crippen MR) is 80.2 cm³/mol. The predicted octanol–water partition coefficient (Wildman–Crippen LogP) is 1.83. The number of fused-ring (bicyclic) bond motifs is 2. The van der Waals surface area contributed by atoms with Crippen LogP contribution in [0.25, 0.3) is 0 Å². The van der Waals surface area contributed by atoms with Crippen LogP contribution in [0.2, 0.25) is 0 Å². The lowest BCUT2D eigenvalue weighted by Gasteiger charge is -2.58. The topological polar surface area (TPSA) is 66.8 Å². The van der Waals surface area contributed by atoms with Crippen molar-refractivity contribution in [1.82, 2.24) is 4.90 Å². The van der Waals surface area contributed by atoms with Gasteiger partial charge in [-0.05, 0) is 25.7 Å². The summed E-state index contributed by atoms with van der Waals surface area (Å²) in [6.45, 7) is 0. The van der Waals surface area contributed by atoms with Gasteiger partial charge >= 0.3 is 5.97 Å². The number of alkyl halides is 3. The van der Waals surface area contributed by atoms with Crippen LogP contribution in [0, 0.1) is 5.92 Å². The number of halogens is 3. The van der Waals surface area contributed by atoms with Gasteiger partial charge in [-0.15, -0.1) is 11.6 Å². The molecule has 3 fully saturated rings. The molecular formula is C16H18ClF2NO4. The highest BCUT2D eigenvalue weighted by molar-refractivity contribution is 6.20. The number of carbonyl (C=O) groups excluding carboxylic acids is 1. The molecule has 2 aliphatic carbocycles. The molecule has 1 N–H and O–H groups in total. The zero-order chi connectivity index (χ0) is 17.2. The summed E-state index contributed by atoms with van der Waals surface area (Å²) < 4.78 is 34.4. The Morgan fingerprint density at radius 3 is 2.79 bits per heavy atom. The van der Waals surface area contributed by atoms with E-state index in [0.29, 0.717) is 19.3 Å². The first-order chi connectivity index (χ1) is 11.4. The van der Waals surface area contributed by atoms with Crippen molar-refractivity contribution in [3.63, 3.8) is 0 Å². The van der Waals surface area contributed by atoms with E-state index in [-0.39, 0.29) is 29.5 Å². The molecule has 8 atom stereocenters. The fourth-order valence-corrected chi connectivity index (χ4v) is 4.96. The van der Waals surface area contributed by atoms with Gasteiger partial charge in [0.2, 0.25) is 0 Å². The Morgan fingerprint density at radius 1 is 1.33 bits per heavy atom. The Hall–Kier alpha value is -1.21. The molecule has 4 rings (SSSR count). The van der Waals surface area contributed by atoms with E-state index in [4.69, 9.17) is 16.3 Å². The van der Waals surface area contributed by atoms with E-state index in [2.05, 4.69) is 0 Å². The van der Waals surface area contributed by atoms with Crippen molar-refractivity contribution in [1.29, 1.82) is 0 Å². The average Bonchev–Trinajstić information content (AvgIpc) is 2.54. The van der Waals surface area contributed by atoms with Crippen LogP contribution >= 0.6 is 11.6 Å². The maximum Gasteiger partial charge on any atom is 0.340 e. The fraction of sp³-hybridized carbons (Fsp3) is 0.750. The molecule has 1 saturated heterocycles. The van der Waals surface area contributed by atoms with Crippen LogP contribution < -0.4 is 0 Å². The maximum atomic E-state index is 14.4. The van der Waals surface area contributed by atoms with Gasteiger partial charge in [0.15, 0.2) is 12.0 Å². The first-order valence-electron chi connectivity index (χ1n) is 8.23. The molecule has 2 saturated carbocycles. The first-order valence-corrected chi connectivity index (χ1v) is 8.66. The van der Waals surface area contributed by atoms with E-state index in [0.717, 1.165) is 0 Å². The quantitative estimate of drug-likeness (QED) is 0.570. The molecule has 8 unspecified atom stereocenters. The Morgan fingerprint density at radius 2 is 2.08 bits per heavy atom. The molecule has 132 valence electrons. The van der Waals surface area contributed by atoms with E-state index >= 15 is 0 Å². The Labute approximate surface area is 142 Å². The summed E-state index contributed by atoms with van der Waals surface area (Å²) in [7, 11) is 0. The second-order valence-electron chi connectivity index (χ2n) is 7.07. The SMILES string of the molecule is O=C(O)C1=CN2C3CC(Cl)CCC3OC3C(F)C(F)CC(C1=O)C32. The second-order valence-corrected chi connectivity index (χ2v) is 7.69. The summed E-state index contributed by atoms with van der Waals surface area (Å²) in [4.78, 5) is 25.6. The number of carboxylic acid groups (broad SMARTS) is 1. The van der Waals surface area contributed by atoms with E-state index in [1.54, 1.807) is 4.90 Å². The Balaban J connectivity index is 1.79. The van der Waals surface area contributed by atoms with Crippen molar-refractivity contribution in [2.75, 3.05) is 0 Å². The molecule has 0 bridgehead atoms. The molecule has 0 amide bonds. The normalized spacial score (nSPS) is 47.5. The lowest BCUT2D eigenvalue weighted by molar-refractivity contribution is -0.209. The van der Waals surface area contributed by atoms with Crippen molar-refractivity contribution in [3.8, 4) is 0 Å². The highest BCUT2D eigenvalue weighted by Crippen LogP contribution is 2.46. The van der Waals surface area contributed by atoms with Crippen LogP contribution in [0.1, 0.15) is 25.7 Å². The standard InChI is InChI=1S/C16H18ClF2NO4/c17-6-1-2-11-10(3-6)20-5-8(16(22)23)14(21)7-4-9(18)12(19)15(24-11)13(7)20/h5-7,9-13,15H,1-4H2,(H,22,23). The molecule has 4 aliphatic rings. The van der Waals surface area contributed by atoms with Crippen molar-refractivity contribution < 1.29 is 28.2 Å². The smallest absolute Gasteiger partial charge is 0.340 e. The highest BCUT2D eigenvalue weighted by atomic mass is 35.5. The number of ether oxygens (including phenoxy) is 1. The summed E-state index contributed by atoms with van der Waals surface area (Å²) in [5.41, 5.74) is -0.364. The summed E-state index contributed by atoms with van der Waals surface area (Å²) in [5.74, 6) is -2.87. The fourth-order valence-electron chi connectivity index (χ4n) is 4.65. The van der Waals surface area contributed by atoms with Gasteiger partial charge in [0, 0.05) is 17.5 Å². The molecule has 0 aromatic rings. The van der Waals surface area contributed by atoms with Crippen LogP contribution in [-0.4, -0.2) is 63.8 Å². The molecule has 0 aromatic heterocycles.